The van der Waals surface area contributed by atoms with Gasteiger partial charge in [0, 0.05) is 5.56 Å². The lowest BCUT2D eigenvalue weighted by molar-refractivity contribution is -0.139. The van der Waals surface area contributed by atoms with E-state index in [2.05, 4.69) is 12.2 Å². The lowest BCUT2D eigenvalue weighted by atomic mass is 10.0. The van der Waals surface area contributed by atoms with Gasteiger partial charge in [0.15, 0.2) is 11.5 Å². The molecule has 1 aromatic rings. The third kappa shape index (κ3) is 6.10. The lowest BCUT2D eigenvalue weighted by Crippen LogP contribution is -2.41. The Labute approximate surface area is 143 Å². The minimum Gasteiger partial charge on any atom is -0.493 e. The van der Waals surface area contributed by atoms with Gasteiger partial charge < -0.3 is 19.9 Å². The van der Waals surface area contributed by atoms with E-state index in [1.54, 1.807) is 18.2 Å². The van der Waals surface area contributed by atoms with Crippen LogP contribution < -0.4 is 14.8 Å². The molecule has 0 heterocycles. The van der Waals surface area contributed by atoms with Gasteiger partial charge in [-0.3, -0.25) is 4.79 Å². The standard InChI is InChI=1S/C18H27NO5/c1-5-6-9-24-15-8-7-13(11-16(15)23-4)17(20)19-14(18(21)22)10-12(2)3/h7-8,11-12,14H,5-6,9-10H2,1-4H3,(H,19,20)(H,21,22)/t14-/m1/s1. The summed E-state index contributed by atoms with van der Waals surface area (Å²) in [5, 5.41) is 11.8. The van der Waals surface area contributed by atoms with Gasteiger partial charge >= 0.3 is 5.97 Å². The molecule has 0 aliphatic carbocycles. The maximum atomic E-state index is 12.3. The second-order valence-electron chi connectivity index (χ2n) is 6.06. The first kappa shape index (κ1) is 19.8. The molecule has 0 saturated heterocycles. The van der Waals surface area contributed by atoms with E-state index in [1.807, 2.05) is 13.8 Å². The van der Waals surface area contributed by atoms with Crippen LogP contribution in [0.25, 0.3) is 0 Å². The number of carboxylic acids is 1. The van der Waals surface area contributed by atoms with Crippen molar-refractivity contribution < 1.29 is 24.2 Å². The van der Waals surface area contributed by atoms with E-state index in [1.165, 1.54) is 7.11 Å². The van der Waals surface area contributed by atoms with E-state index in [-0.39, 0.29) is 5.92 Å². The van der Waals surface area contributed by atoms with E-state index < -0.39 is 17.9 Å². The van der Waals surface area contributed by atoms with E-state index in [9.17, 15) is 14.7 Å². The molecule has 1 rings (SSSR count). The Morgan fingerprint density at radius 2 is 1.96 bits per heavy atom. The number of amides is 1. The van der Waals surface area contributed by atoms with Gasteiger partial charge in [-0.05, 0) is 37.0 Å². The summed E-state index contributed by atoms with van der Waals surface area (Å²) in [5.74, 6) is -0.297. The number of ether oxygens (including phenoxy) is 2. The summed E-state index contributed by atoms with van der Waals surface area (Å²) in [6.45, 7) is 6.47. The smallest absolute Gasteiger partial charge is 0.326 e. The first-order valence-corrected chi connectivity index (χ1v) is 8.23. The van der Waals surface area contributed by atoms with Gasteiger partial charge in [-0.25, -0.2) is 4.79 Å². The average molecular weight is 337 g/mol. The van der Waals surface area contributed by atoms with Crippen molar-refractivity contribution in [1.82, 2.24) is 5.32 Å². The fourth-order valence-electron chi connectivity index (χ4n) is 2.19. The normalized spacial score (nSPS) is 11.9. The Morgan fingerprint density at radius 3 is 2.50 bits per heavy atom. The van der Waals surface area contributed by atoms with Crippen LogP contribution >= 0.6 is 0 Å². The molecule has 6 heteroatoms. The zero-order chi connectivity index (χ0) is 18.1. The van der Waals surface area contributed by atoms with Crippen LogP contribution in [0.2, 0.25) is 0 Å². The second-order valence-corrected chi connectivity index (χ2v) is 6.06. The average Bonchev–Trinajstić information content (AvgIpc) is 2.54. The fourth-order valence-corrected chi connectivity index (χ4v) is 2.19. The molecule has 0 aliphatic heterocycles. The summed E-state index contributed by atoms with van der Waals surface area (Å²) in [5.41, 5.74) is 0.338. The molecular formula is C18H27NO5. The molecule has 0 unspecified atom stereocenters. The second kappa shape index (κ2) is 9.80. The third-order valence-corrected chi connectivity index (χ3v) is 3.49. The SMILES string of the molecule is CCCCOc1ccc(C(=O)N[C@H](CC(C)C)C(=O)O)cc1OC. The number of carbonyl (C=O) groups excluding carboxylic acids is 1. The predicted octanol–water partition coefficient (Wildman–Crippen LogP) is 3.10. The van der Waals surface area contributed by atoms with Crippen molar-refractivity contribution in [2.24, 2.45) is 5.92 Å². The van der Waals surface area contributed by atoms with Crippen molar-refractivity contribution in [3.05, 3.63) is 23.8 Å². The number of hydrogen-bond donors (Lipinski definition) is 2. The van der Waals surface area contributed by atoms with Crippen molar-refractivity contribution in [2.75, 3.05) is 13.7 Å². The van der Waals surface area contributed by atoms with Gasteiger partial charge in [0.1, 0.15) is 6.04 Å². The predicted molar refractivity (Wildman–Crippen MR) is 91.7 cm³/mol. The molecule has 6 nitrogen and oxygen atoms in total. The van der Waals surface area contributed by atoms with Crippen LogP contribution in [0.4, 0.5) is 0 Å². The Hall–Kier alpha value is -2.24. The number of methoxy groups -OCH3 is 1. The molecule has 0 radical (unpaired) electrons. The Kier molecular flexibility index (Phi) is 8.09. The van der Waals surface area contributed by atoms with Crippen LogP contribution in [-0.2, 0) is 4.79 Å². The summed E-state index contributed by atoms with van der Waals surface area (Å²) in [4.78, 5) is 23.6. The Bertz CT molecular complexity index is 556. The van der Waals surface area contributed by atoms with Gasteiger partial charge in [0.2, 0.25) is 0 Å². The molecule has 2 N–H and O–H groups in total. The monoisotopic (exact) mass is 337 g/mol. The molecule has 134 valence electrons. The number of benzene rings is 1. The number of carbonyl (C=O) groups is 2. The zero-order valence-corrected chi connectivity index (χ0v) is 14.8. The maximum absolute atomic E-state index is 12.3. The largest absolute Gasteiger partial charge is 0.493 e. The number of carboxylic acid groups (broad SMARTS) is 1. The number of nitrogens with one attached hydrogen (secondary N) is 1. The van der Waals surface area contributed by atoms with Crippen molar-refractivity contribution >= 4 is 11.9 Å². The highest BCUT2D eigenvalue weighted by molar-refractivity contribution is 5.97. The summed E-state index contributed by atoms with van der Waals surface area (Å²) in [6.07, 6.45) is 2.33. The van der Waals surface area contributed by atoms with E-state index in [0.717, 1.165) is 12.8 Å². The van der Waals surface area contributed by atoms with E-state index in [0.29, 0.717) is 30.1 Å². The summed E-state index contributed by atoms with van der Waals surface area (Å²) in [6, 6.07) is 3.92. The fraction of sp³-hybridized carbons (Fsp3) is 0.556. The molecule has 24 heavy (non-hydrogen) atoms. The first-order valence-electron chi connectivity index (χ1n) is 8.23. The van der Waals surface area contributed by atoms with Gasteiger partial charge in [-0.15, -0.1) is 0 Å². The molecular weight excluding hydrogens is 310 g/mol. The van der Waals surface area contributed by atoms with Crippen LogP contribution in [-0.4, -0.2) is 36.7 Å². The van der Waals surface area contributed by atoms with Gasteiger partial charge in [-0.2, -0.15) is 0 Å². The zero-order valence-electron chi connectivity index (χ0n) is 14.8. The number of rotatable bonds is 10. The molecule has 0 aliphatic rings. The van der Waals surface area contributed by atoms with E-state index in [4.69, 9.17) is 9.47 Å². The minimum absolute atomic E-state index is 0.162. The molecule has 0 aromatic heterocycles. The van der Waals surface area contributed by atoms with Gasteiger partial charge in [0.25, 0.3) is 5.91 Å². The summed E-state index contributed by atoms with van der Waals surface area (Å²) in [7, 11) is 1.50. The van der Waals surface area contributed by atoms with Crippen molar-refractivity contribution in [3.63, 3.8) is 0 Å². The van der Waals surface area contributed by atoms with E-state index >= 15 is 0 Å². The highest BCUT2D eigenvalue weighted by atomic mass is 16.5. The van der Waals surface area contributed by atoms with Crippen LogP contribution in [0, 0.1) is 5.92 Å². The van der Waals surface area contributed by atoms with Crippen LogP contribution in [0.1, 0.15) is 50.4 Å². The van der Waals surface area contributed by atoms with Crippen LogP contribution in [0.5, 0.6) is 11.5 Å². The Morgan fingerprint density at radius 1 is 1.25 bits per heavy atom. The number of unbranched alkanes of at least 4 members (excludes halogenated alkanes) is 1. The highest BCUT2D eigenvalue weighted by Crippen LogP contribution is 2.28. The van der Waals surface area contributed by atoms with Crippen molar-refractivity contribution in [1.29, 1.82) is 0 Å². The number of hydrogen-bond acceptors (Lipinski definition) is 4. The maximum Gasteiger partial charge on any atom is 0.326 e. The molecule has 0 spiro atoms. The van der Waals surface area contributed by atoms with Crippen molar-refractivity contribution in [3.8, 4) is 11.5 Å². The minimum atomic E-state index is -1.04. The summed E-state index contributed by atoms with van der Waals surface area (Å²) >= 11 is 0. The lowest BCUT2D eigenvalue weighted by Gasteiger charge is -2.17. The molecule has 1 atom stereocenters. The topological polar surface area (TPSA) is 84.9 Å². The highest BCUT2D eigenvalue weighted by Gasteiger charge is 2.22. The third-order valence-electron chi connectivity index (χ3n) is 3.49. The van der Waals surface area contributed by atoms with Gasteiger partial charge in [-0.1, -0.05) is 27.2 Å². The molecule has 1 aromatic carbocycles. The molecule has 1 amide bonds. The van der Waals surface area contributed by atoms with Crippen molar-refractivity contribution in [2.45, 2.75) is 46.1 Å². The quantitative estimate of drug-likeness (QED) is 0.641. The molecule has 0 saturated carbocycles. The Balaban J connectivity index is 2.84. The molecule has 0 bridgehead atoms. The summed E-state index contributed by atoms with van der Waals surface area (Å²) < 4.78 is 10.9. The first-order chi connectivity index (χ1) is 11.4. The van der Waals surface area contributed by atoms with Crippen LogP contribution in [0.15, 0.2) is 18.2 Å². The van der Waals surface area contributed by atoms with Gasteiger partial charge in [0.05, 0.1) is 13.7 Å². The number of aliphatic carboxylic acids is 1. The van der Waals surface area contributed by atoms with Crippen LogP contribution in [0.3, 0.4) is 0 Å². The molecule has 0 fully saturated rings.